The van der Waals surface area contributed by atoms with Crippen molar-refractivity contribution in [1.82, 2.24) is 9.97 Å². The molecule has 0 fully saturated rings. The summed E-state index contributed by atoms with van der Waals surface area (Å²) in [5.74, 6) is -0.723. The summed E-state index contributed by atoms with van der Waals surface area (Å²) in [6.07, 6.45) is 1.25. The minimum absolute atomic E-state index is 0.00849. The van der Waals surface area contributed by atoms with Gasteiger partial charge in [-0.25, -0.2) is 9.37 Å². The second kappa shape index (κ2) is 5.17. The fourth-order valence-electron chi connectivity index (χ4n) is 1.20. The number of nitrogens with zero attached hydrogens (tertiary/aromatic N) is 3. The molecule has 0 unspecified atom stereocenters. The summed E-state index contributed by atoms with van der Waals surface area (Å²) in [4.78, 5) is 7.39. The number of ether oxygens (including phenoxy) is 1. The Bertz CT molecular complexity index is 643. The SMILES string of the molecule is N#Cc1c(F)cccc1Oc1nc(Cl)ncc1Cl. The minimum Gasteiger partial charge on any atom is -0.436 e. The van der Waals surface area contributed by atoms with Crippen molar-refractivity contribution in [3.8, 4) is 17.7 Å². The van der Waals surface area contributed by atoms with Gasteiger partial charge >= 0.3 is 0 Å². The van der Waals surface area contributed by atoms with Gasteiger partial charge in [0.05, 0.1) is 6.20 Å². The Morgan fingerprint density at radius 2 is 2.11 bits per heavy atom. The van der Waals surface area contributed by atoms with Crippen LogP contribution in [0.2, 0.25) is 10.3 Å². The quantitative estimate of drug-likeness (QED) is 0.791. The molecule has 0 N–H and O–H groups in total. The van der Waals surface area contributed by atoms with Gasteiger partial charge in [-0.15, -0.1) is 0 Å². The fraction of sp³-hybridized carbons (Fsp3) is 0. The van der Waals surface area contributed by atoms with E-state index in [9.17, 15) is 4.39 Å². The maximum absolute atomic E-state index is 13.3. The number of halogens is 3. The molecule has 0 aliphatic heterocycles. The Morgan fingerprint density at radius 3 is 2.83 bits per heavy atom. The molecule has 18 heavy (non-hydrogen) atoms. The van der Waals surface area contributed by atoms with Crippen molar-refractivity contribution >= 4 is 23.2 Å². The lowest BCUT2D eigenvalue weighted by Crippen LogP contribution is -1.95. The largest absolute Gasteiger partial charge is 0.436 e. The average Bonchev–Trinajstić information content (AvgIpc) is 2.34. The first kappa shape index (κ1) is 12.6. The van der Waals surface area contributed by atoms with E-state index < -0.39 is 5.82 Å². The molecular weight excluding hydrogens is 280 g/mol. The maximum atomic E-state index is 13.3. The third kappa shape index (κ3) is 2.50. The summed E-state index contributed by atoms with van der Waals surface area (Å²) in [7, 11) is 0. The normalized spacial score (nSPS) is 9.89. The molecule has 1 aromatic heterocycles. The van der Waals surface area contributed by atoms with Gasteiger partial charge in [-0.2, -0.15) is 10.2 Å². The molecule has 0 saturated heterocycles. The fourth-order valence-corrected chi connectivity index (χ4v) is 1.46. The van der Waals surface area contributed by atoms with Crippen molar-refractivity contribution in [3.63, 3.8) is 0 Å². The Kier molecular flexibility index (Phi) is 3.60. The molecule has 2 rings (SSSR count). The maximum Gasteiger partial charge on any atom is 0.242 e. The molecule has 4 nitrogen and oxygen atoms in total. The third-order valence-corrected chi connectivity index (χ3v) is 2.42. The zero-order chi connectivity index (χ0) is 13.1. The van der Waals surface area contributed by atoms with Crippen LogP contribution in [0.15, 0.2) is 24.4 Å². The van der Waals surface area contributed by atoms with Crippen molar-refractivity contribution in [1.29, 1.82) is 5.26 Å². The number of aromatic nitrogens is 2. The topological polar surface area (TPSA) is 58.8 Å². The summed E-state index contributed by atoms with van der Waals surface area (Å²) in [6, 6.07) is 5.68. The van der Waals surface area contributed by atoms with Gasteiger partial charge in [-0.3, -0.25) is 0 Å². The molecule has 0 spiro atoms. The molecule has 0 saturated carbocycles. The zero-order valence-electron chi connectivity index (χ0n) is 8.69. The van der Waals surface area contributed by atoms with Gasteiger partial charge in [0.1, 0.15) is 28.2 Å². The molecule has 0 atom stereocenters. The first-order valence-electron chi connectivity index (χ1n) is 4.66. The van der Waals surface area contributed by atoms with Crippen LogP contribution in [0.5, 0.6) is 11.6 Å². The Morgan fingerprint density at radius 1 is 1.33 bits per heavy atom. The summed E-state index contributed by atoms with van der Waals surface area (Å²) < 4.78 is 18.6. The van der Waals surface area contributed by atoms with Crippen LogP contribution in [0.3, 0.4) is 0 Å². The smallest absolute Gasteiger partial charge is 0.242 e. The second-order valence-corrected chi connectivity index (χ2v) is 3.86. The second-order valence-electron chi connectivity index (χ2n) is 3.12. The van der Waals surface area contributed by atoms with Gasteiger partial charge in [-0.05, 0) is 23.7 Å². The molecule has 2 aromatic rings. The van der Waals surface area contributed by atoms with E-state index in [0.717, 1.165) is 6.07 Å². The van der Waals surface area contributed by atoms with Crippen LogP contribution in [0.1, 0.15) is 5.56 Å². The molecule has 1 aromatic carbocycles. The van der Waals surface area contributed by atoms with Crippen molar-refractivity contribution in [2.75, 3.05) is 0 Å². The molecular formula is C11H4Cl2FN3O. The standard InChI is InChI=1S/C11H4Cl2FN3O/c12-7-5-16-11(13)17-10(7)18-9-3-1-2-8(14)6(9)4-15/h1-3,5H. The summed E-state index contributed by atoms with van der Waals surface area (Å²) in [5, 5.41) is 8.88. The van der Waals surface area contributed by atoms with E-state index in [-0.39, 0.29) is 27.5 Å². The lowest BCUT2D eigenvalue weighted by atomic mass is 10.2. The van der Waals surface area contributed by atoms with Gasteiger partial charge in [-0.1, -0.05) is 17.7 Å². The zero-order valence-corrected chi connectivity index (χ0v) is 10.2. The van der Waals surface area contributed by atoms with Crippen molar-refractivity contribution < 1.29 is 9.13 Å². The van der Waals surface area contributed by atoms with Crippen LogP contribution in [-0.2, 0) is 0 Å². The predicted octanol–water partition coefficient (Wildman–Crippen LogP) is 3.59. The number of hydrogen-bond donors (Lipinski definition) is 0. The first-order valence-corrected chi connectivity index (χ1v) is 5.42. The van der Waals surface area contributed by atoms with Gasteiger partial charge < -0.3 is 4.74 Å². The van der Waals surface area contributed by atoms with Crippen LogP contribution >= 0.6 is 23.2 Å². The lowest BCUT2D eigenvalue weighted by Gasteiger charge is -2.07. The van der Waals surface area contributed by atoms with E-state index in [1.165, 1.54) is 18.3 Å². The van der Waals surface area contributed by atoms with Crippen LogP contribution in [0.4, 0.5) is 4.39 Å². The monoisotopic (exact) mass is 283 g/mol. The van der Waals surface area contributed by atoms with E-state index in [1.807, 2.05) is 0 Å². The number of hydrogen-bond acceptors (Lipinski definition) is 4. The third-order valence-electron chi connectivity index (χ3n) is 1.98. The van der Waals surface area contributed by atoms with E-state index in [1.54, 1.807) is 6.07 Å². The Labute approximate surface area is 112 Å². The van der Waals surface area contributed by atoms with Gasteiger partial charge in [0.15, 0.2) is 0 Å². The Hall–Kier alpha value is -1.90. The molecule has 0 bridgehead atoms. The van der Waals surface area contributed by atoms with Gasteiger partial charge in [0, 0.05) is 0 Å². The van der Waals surface area contributed by atoms with E-state index >= 15 is 0 Å². The highest BCUT2D eigenvalue weighted by Gasteiger charge is 2.13. The average molecular weight is 284 g/mol. The van der Waals surface area contributed by atoms with Crippen molar-refractivity contribution in [2.45, 2.75) is 0 Å². The minimum atomic E-state index is -0.689. The van der Waals surface area contributed by atoms with E-state index in [0.29, 0.717) is 0 Å². The first-order chi connectivity index (χ1) is 8.61. The molecule has 0 aliphatic carbocycles. The summed E-state index contributed by atoms with van der Waals surface area (Å²) in [5.41, 5.74) is -0.233. The summed E-state index contributed by atoms with van der Waals surface area (Å²) >= 11 is 11.4. The molecule has 90 valence electrons. The summed E-state index contributed by atoms with van der Waals surface area (Å²) in [6.45, 7) is 0. The van der Waals surface area contributed by atoms with Crippen molar-refractivity contribution in [2.24, 2.45) is 0 Å². The van der Waals surface area contributed by atoms with Crippen molar-refractivity contribution in [3.05, 3.63) is 46.1 Å². The number of rotatable bonds is 2. The van der Waals surface area contributed by atoms with Crippen LogP contribution in [0, 0.1) is 17.1 Å². The van der Waals surface area contributed by atoms with E-state index in [4.69, 9.17) is 33.2 Å². The molecule has 0 amide bonds. The highest BCUT2D eigenvalue weighted by Crippen LogP contribution is 2.30. The van der Waals surface area contributed by atoms with Crippen LogP contribution in [0.25, 0.3) is 0 Å². The highest BCUT2D eigenvalue weighted by atomic mass is 35.5. The van der Waals surface area contributed by atoms with Crippen LogP contribution in [-0.4, -0.2) is 9.97 Å². The Balaban J connectivity index is 2.44. The lowest BCUT2D eigenvalue weighted by molar-refractivity contribution is 0.455. The van der Waals surface area contributed by atoms with Gasteiger partial charge in [0.25, 0.3) is 0 Å². The van der Waals surface area contributed by atoms with Gasteiger partial charge in [0.2, 0.25) is 11.2 Å². The predicted molar refractivity (Wildman–Crippen MR) is 63.2 cm³/mol. The van der Waals surface area contributed by atoms with Crippen LogP contribution < -0.4 is 4.74 Å². The molecule has 7 heteroatoms. The molecule has 0 radical (unpaired) electrons. The molecule has 1 heterocycles. The number of nitriles is 1. The van der Waals surface area contributed by atoms with E-state index in [2.05, 4.69) is 9.97 Å². The highest BCUT2D eigenvalue weighted by molar-refractivity contribution is 6.32. The molecule has 0 aliphatic rings. The number of benzene rings is 1.